The van der Waals surface area contributed by atoms with Crippen LogP contribution in [0.4, 0.5) is 5.69 Å². The van der Waals surface area contributed by atoms with Gasteiger partial charge in [-0.1, -0.05) is 17.7 Å². The van der Waals surface area contributed by atoms with Crippen molar-refractivity contribution in [1.82, 2.24) is 14.8 Å². The van der Waals surface area contributed by atoms with E-state index in [9.17, 15) is 4.79 Å². The lowest BCUT2D eigenvalue weighted by Gasteiger charge is -2.08. The molecule has 0 amide bonds. The van der Waals surface area contributed by atoms with Gasteiger partial charge in [-0.05, 0) is 19.1 Å². The summed E-state index contributed by atoms with van der Waals surface area (Å²) in [6, 6.07) is 5.64. The summed E-state index contributed by atoms with van der Waals surface area (Å²) in [7, 11) is 0. The van der Waals surface area contributed by atoms with Gasteiger partial charge in [0, 0.05) is 12.7 Å². The highest BCUT2D eigenvalue weighted by Gasteiger charge is 2.07. The Kier molecular flexibility index (Phi) is 3.94. The molecule has 0 spiro atoms. The Morgan fingerprint density at radius 2 is 2.28 bits per heavy atom. The molecule has 94 valence electrons. The SMILES string of the molecule is CCn1ncc(NCc2ccccn2)c(Cl)c1=O. The Morgan fingerprint density at radius 3 is 2.94 bits per heavy atom. The van der Waals surface area contributed by atoms with E-state index >= 15 is 0 Å². The number of anilines is 1. The molecule has 0 aliphatic carbocycles. The van der Waals surface area contributed by atoms with Gasteiger partial charge in [0.05, 0.1) is 24.1 Å². The van der Waals surface area contributed by atoms with Gasteiger partial charge in [-0.2, -0.15) is 5.10 Å². The molecule has 5 nitrogen and oxygen atoms in total. The Balaban J connectivity index is 2.16. The number of nitrogens with zero attached hydrogens (tertiary/aromatic N) is 3. The molecule has 0 atom stereocenters. The van der Waals surface area contributed by atoms with Crippen molar-refractivity contribution in [3.63, 3.8) is 0 Å². The normalized spacial score (nSPS) is 10.3. The van der Waals surface area contributed by atoms with Crippen LogP contribution in [0.3, 0.4) is 0 Å². The van der Waals surface area contributed by atoms with E-state index in [0.717, 1.165) is 5.69 Å². The lowest BCUT2D eigenvalue weighted by Crippen LogP contribution is -2.23. The third-order valence-electron chi connectivity index (χ3n) is 2.47. The maximum absolute atomic E-state index is 11.7. The molecule has 0 aromatic carbocycles. The molecule has 0 radical (unpaired) electrons. The van der Waals surface area contributed by atoms with Crippen LogP contribution in [0, 0.1) is 0 Å². The summed E-state index contributed by atoms with van der Waals surface area (Å²) in [5.41, 5.74) is 1.11. The highest BCUT2D eigenvalue weighted by Crippen LogP contribution is 2.15. The number of rotatable bonds is 4. The first-order valence-electron chi connectivity index (χ1n) is 5.61. The van der Waals surface area contributed by atoms with E-state index in [1.165, 1.54) is 4.68 Å². The van der Waals surface area contributed by atoms with Crippen LogP contribution in [-0.4, -0.2) is 14.8 Å². The van der Waals surface area contributed by atoms with Crippen molar-refractivity contribution in [3.05, 3.63) is 51.7 Å². The fourth-order valence-corrected chi connectivity index (χ4v) is 1.72. The molecular formula is C12H13ClN4O. The summed E-state index contributed by atoms with van der Waals surface area (Å²) in [5.74, 6) is 0. The topological polar surface area (TPSA) is 59.8 Å². The minimum absolute atomic E-state index is 0.155. The van der Waals surface area contributed by atoms with Crippen LogP contribution < -0.4 is 10.9 Å². The average molecular weight is 265 g/mol. The average Bonchev–Trinajstić information content (AvgIpc) is 2.42. The van der Waals surface area contributed by atoms with Crippen molar-refractivity contribution in [2.24, 2.45) is 0 Å². The first kappa shape index (κ1) is 12.6. The predicted octanol–water partition coefficient (Wildman–Crippen LogP) is 1.92. The van der Waals surface area contributed by atoms with Crippen molar-refractivity contribution < 1.29 is 0 Å². The Hall–Kier alpha value is -1.88. The van der Waals surface area contributed by atoms with Gasteiger partial charge in [-0.25, -0.2) is 4.68 Å². The lowest BCUT2D eigenvalue weighted by molar-refractivity contribution is 0.616. The monoisotopic (exact) mass is 264 g/mol. The van der Waals surface area contributed by atoms with Gasteiger partial charge in [0.2, 0.25) is 0 Å². The molecule has 2 heterocycles. The molecule has 2 aromatic rings. The highest BCUT2D eigenvalue weighted by atomic mass is 35.5. The smallest absolute Gasteiger partial charge is 0.287 e. The molecule has 0 unspecified atom stereocenters. The van der Waals surface area contributed by atoms with E-state index in [2.05, 4.69) is 15.4 Å². The molecular weight excluding hydrogens is 252 g/mol. The van der Waals surface area contributed by atoms with Crippen LogP contribution in [0.1, 0.15) is 12.6 Å². The molecule has 0 fully saturated rings. The van der Waals surface area contributed by atoms with E-state index in [4.69, 9.17) is 11.6 Å². The molecule has 2 aromatic heterocycles. The van der Waals surface area contributed by atoms with Gasteiger partial charge in [0.15, 0.2) is 0 Å². The lowest BCUT2D eigenvalue weighted by atomic mass is 10.3. The van der Waals surface area contributed by atoms with Gasteiger partial charge < -0.3 is 5.32 Å². The van der Waals surface area contributed by atoms with E-state index in [-0.39, 0.29) is 10.6 Å². The molecule has 2 rings (SSSR count). The maximum Gasteiger partial charge on any atom is 0.287 e. The maximum atomic E-state index is 11.7. The Morgan fingerprint density at radius 1 is 1.44 bits per heavy atom. The van der Waals surface area contributed by atoms with Crippen molar-refractivity contribution in [3.8, 4) is 0 Å². The van der Waals surface area contributed by atoms with Crippen LogP contribution in [0.25, 0.3) is 0 Å². The largest absolute Gasteiger partial charge is 0.377 e. The second-order valence-electron chi connectivity index (χ2n) is 3.67. The second kappa shape index (κ2) is 5.64. The Bertz CT molecular complexity index is 582. The quantitative estimate of drug-likeness (QED) is 0.917. The molecule has 0 bridgehead atoms. The van der Waals surface area contributed by atoms with Gasteiger partial charge >= 0.3 is 0 Å². The predicted molar refractivity (Wildman–Crippen MR) is 70.7 cm³/mol. The third kappa shape index (κ3) is 2.68. The fourth-order valence-electron chi connectivity index (χ4n) is 1.50. The standard InChI is InChI=1S/C12H13ClN4O/c1-2-17-12(18)11(13)10(8-16-17)15-7-9-5-3-4-6-14-9/h3-6,8,15H,2,7H2,1H3. The summed E-state index contributed by atoms with van der Waals surface area (Å²) in [4.78, 5) is 15.9. The minimum Gasteiger partial charge on any atom is -0.377 e. The van der Waals surface area contributed by atoms with Crippen molar-refractivity contribution >= 4 is 17.3 Å². The molecule has 6 heteroatoms. The van der Waals surface area contributed by atoms with Gasteiger partial charge in [-0.15, -0.1) is 0 Å². The fraction of sp³-hybridized carbons (Fsp3) is 0.250. The highest BCUT2D eigenvalue weighted by molar-refractivity contribution is 6.32. The minimum atomic E-state index is -0.287. The third-order valence-corrected chi connectivity index (χ3v) is 2.84. The summed E-state index contributed by atoms with van der Waals surface area (Å²) in [5, 5.41) is 7.21. The zero-order valence-electron chi connectivity index (χ0n) is 9.93. The van der Waals surface area contributed by atoms with Crippen molar-refractivity contribution in [1.29, 1.82) is 0 Å². The summed E-state index contributed by atoms with van der Waals surface area (Å²) in [6.07, 6.45) is 3.27. The van der Waals surface area contributed by atoms with E-state index in [1.54, 1.807) is 12.4 Å². The Labute approximate surface area is 109 Å². The second-order valence-corrected chi connectivity index (χ2v) is 4.05. The summed E-state index contributed by atoms with van der Waals surface area (Å²) in [6.45, 7) is 2.84. The van der Waals surface area contributed by atoms with Crippen LogP contribution in [0.15, 0.2) is 35.4 Å². The number of aromatic nitrogens is 3. The molecule has 18 heavy (non-hydrogen) atoms. The van der Waals surface area contributed by atoms with E-state index in [1.807, 2.05) is 25.1 Å². The zero-order chi connectivity index (χ0) is 13.0. The van der Waals surface area contributed by atoms with Crippen LogP contribution in [-0.2, 0) is 13.1 Å². The molecule has 0 aliphatic rings. The van der Waals surface area contributed by atoms with Crippen molar-refractivity contribution in [2.75, 3.05) is 5.32 Å². The first-order chi connectivity index (χ1) is 8.72. The summed E-state index contributed by atoms with van der Waals surface area (Å²) >= 11 is 5.99. The number of pyridine rings is 1. The number of aryl methyl sites for hydroxylation is 1. The number of hydrogen-bond donors (Lipinski definition) is 1. The van der Waals surface area contributed by atoms with Gasteiger partial charge in [-0.3, -0.25) is 9.78 Å². The number of hydrogen-bond acceptors (Lipinski definition) is 4. The van der Waals surface area contributed by atoms with E-state index < -0.39 is 0 Å². The molecule has 1 N–H and O–H groups in total. The summed E-state index contributed by atoms with van der Waals surface area (Å²) < 4.78 is 1.31. The zero-order valence-corrected chi connectivity index (χ0v) is 10.7. The first-order valence-corrected chi connectivity index (χ1v) is 5.99. The van der Waals surface area contributed by atoms with Gasteiger partial charge in [0.25, 0.3) is 5.56 Å². The number of nitrogens with one attached hydrogen (secondary N) is 1. The van der Waals surface area contributed by atoms with Crippen LogP contribution >= 0.6 is 11.6 Å². The van der Waals surface area contributed by atoms with Crippen molar-refractivity contribution in [2.45, 2.75) is 20.0 Å². The van der Waals surface area contributed by atoms with E-state index in [0.29, 0.717) is 18.8 Å². The molecule has 0 saturated carbocycles. The number of halogens is 1. The molecule has 0 saturated heterocycles. The van der Waals surface area contributed by atoms with Gasteiger partial charge in [0.1, 0.15) is 5.02 Å². The van der Waals surface area contributed by atoms with Crippen LogP contribution in [0.5, 0.6) is 0 Å². The molecule has 0 aliphatic heterocycles. The van der Waals surface area contributed by atoms with Crippen LogP contribution in [0.2, 0.25) is 5.02 Å².